The Kier molecular flexibility index (Phi) is 17.3. The summed E-state index contributed by atoms with van der Waals surface area (Å²) >= 11 is 0. The Morgan fingerprint density at radius 3 is 1.37 bits per heavy atom. The van der Waals surface area contributed by atoms with Crippen molar-refractivity contribution in [1.82, 2.24) is 0 Å². The van der Waals surface area contributed by atoms with Crippen LogP contribution in [0.15, 0.2) is 0 Å². The third kappa shape index (κ3) is 14.2. The number of aliphatic hydroxyl groups excluding tert-OH is 4. The highest BCUT2D eigenvalue weighted by Crippen LogP contribution is 2.14. The summed E-state index contributed by atoms with van der Waals surface area (Å²) < 4.78 is 0. The molecule has 0 fully saturated rings. The van der Waals surface area contributed by atoms with E-state index in [2.05, 4.69) is 6.92 Å². The van der Waals surface area contributed by atoms with E-state index in [9.17, 15) is 25.2 Å². The van der Waals surface area contributed by atoms with Gasteiger partial charge in [-0.1, -0.05) is 90.4 Å². The van der Waals surface area contributed by atoms with Crippen molar-refractivity contribution < 1.29 is 25.2 Å². The van der Waals surface area contributed by atoms with Gasteiger partial charge in [-0.2, -0.15) is 0 Å². The fourth-order valence-corrected chi connectivity index (χ4v) is 3.30. The first-order valence-electron chi connectivity index (χ1n) is 11.2. The molecule has 4 N–H and O–H groups in total. The van der Waals surface area contributed by atoms with E-state index in [-0.39, 0.29) is 6.42 Å². The van der Waals surface area contributed by atoms with Crippen molar-refractivity contribution in [3.63, 3.8) is 0 Å². The minimum absolute atomic E-state index is 0.197. The predicted octanol–water partition coefficient (Wildman–Crippen LogP) is 3.89. The second-order valence-corrected chi connectivity index (χ2v) is 7.98. The Balaban J connectivity index is 3.47. The summed E-state index contributed by atoms with van der Waals surface area (Å²) in [6.07, 6.45) is 11.5. The molecule has 0 rings (SSSR count). The first kappa shape index (κ1) is 26.5. The molecule has 162 valence electrons. The Bertz CT molecular complexity index is 346. The molecule has 0 aromatic carbocycles. The van der Waals surface area contributed by atoms with Crippen LogP contribution in [0.3, 0.4) is 0 Å². The van der Waals surface area contributed by atoms with Crippen molar-refractivity contribution in [3.8, 4) is 0 Å². The molecule has 0 saturated heterocycles. The van der Waals surface area contributed by atoms with Crippen LogP contribution in [0.2, 0.25) is 0 Å². The van der Waals surface area contributed by atoms with Crippen LogP contribution in [-0.2, 0) is 4.79 Å². The number of hydrogen-bond acceptors (Lipinski definition) is 5. The van der Waals surface area contributed by atoms with Gasteiger partial charge in [0.15, 0.2) is 5.78 Å². The highest BCUT2D eigenvalue weighted by molar-refractivity contribution is 5.83. The van der Waals surface area contributed by atoms with E-state index in [1.807, 2.05) is 0 Å². The number of aliphatic hydroxyl groups is 4. The number of hydrogen-bond donors (Lipinski definition) is 4. The van der Waals surface area contributed by atoms with Crippen molar-refractivity contribution >= 4 is 5.78 Å². The highest BCUT2D eigenvalue weighted by atomic mass is 16.4. The van der Waals surface area contributed by atoms with Crippen molar-refractivity contribution in [3.05, 3.63) is 0 Å². The van der Waals surface area contributed by atoms with E-state index in [1.165, 1.54) is 77.6 Å². The molecule has 27 heavy (non-hydrogen) atoms. The maximum absolute atomic E-state index is 11.8. The van der Waals surface area contributed by atoms with Gasteiger partial charge in [-0.3, -0.25) is 4.79 Å². The van der Waals surface area contributed by atoms with Gasteiger partial charge in [-0.25, -0.2) is 0 Å². The molecule has 0 aromatic heterocycles. The average molecular weight is 389 g/mol. The maximum Gasteiger partial charge on any atom is 0.164 e. The van der Waals surface area contributed by atoms with Crippen LogP contribution < -0.4 is 0 Å². The van der Waals surface area contributed by atoms with Gasteiger partial charge < -0.3 is 20.4 Å². The molecule has 0 unspecified atom stereocenters. The highest BCUT2D eigenvalue weighted by Gasteiger charge is 2.32. The number of rotatable bonds is 19. The fraction of sp³-hybridized carbons (Fsp3) is 0.955. The molecule has 0 aromatic rings. The summed E-state index contributed by atoms with van der Waals surface area (Å²) in [5.41, 5.74) is 0. The minimum Gasteiger partial charge on any atom is -0.391 e. The third-order valence-corrected chi connectivity index (χ3v) is 5.27. The van der Waals surface area contributed by atoms with E-state index < -0.39 is 30.2 Å². The molecule has 0 radical (unpaired) electrons. The molecule has 0 heterocycles. The lowest BCUT2D eigenvalue weighted by atomic mass is 9.97. The maximum atomic E-state index is 11.8. The van der Waals surface area contributed by atoms with E-state index in [1.54, 1.807) is 0 Å². The van der Waals surface area contributed by atoms with Crippen molar-refractivity contribution in [2.75, 3.05) is 0 Å². The zero-order valence-corrected chi connectivity index (χ0v) is 17.6. The minimum atomic E-state index is -1.64. The topological polar surface area (TPSA) is 98.0 Å². The van der Waals surface area contributed by atoms with Crippen molar-refractivity contribution in [2.45, 2.75) is 135 Å². The molecule has 0 saturated carbocycles. The predicted molar refractivity (Wildman–Crippen MR) is 110 cm³/mol. The van der Waals surface area contributed by atoms with Gasteiger partial charge in [0, 0.05) is 6.42 Å². The summed E-state index contributed by atoms with van der Waals surface area (Å²) in [4.78, 5) is 11.8. The van der Waals surface area contributed by atoms with E-state index >= 15 is 0 Å². The van der Waals surface area contributed by atoms with Gasteiger partial charge in [0.1, 0.15) is 18.3 Å². The summed E-state index contributed by atoms with van der Waals surface area (Å²) in [5, 5.41) is 38.1. The lowest BCUT2D eigenvalue weighted by Crippen LogP contribution is -2.46. The molecule has 0 spiro atoms. The van der Waals surface area contributed by atoms with Crippen LogP contribution in [0.25, 0.3) is 0 Å². The molecular formula is C22H44O5. The molecule has 0 aliphatic rings. The van der Waals surface area contributed by atoms with Gasteiger partial charge in [0.25, 0.3) is 0 Å². The van der Waals surface area contributed by atoms with Gasteiger partial charge in [0.2, 0.25) is 0 Å². The van der Waals surface area contributed by atoms with Crippen molar-refractivity contribution in [2.24, 2.45) is 0 Å². The molecule has 0 bridgehead atoms. The number of Topliss-reactive ketones (excluding diaryl/α,β-unsaturated/α-hetero) is 1. The van der Waals surface area contributed by atoms with Gasteiger partial charge in [-0.05, 0) is 13.3 Å². The normalized spacial score (nSPS) is 16.1. The van der Waals surface area contributed by atoms with E-state index in [0.717, 1.165) is 12.8 Å². The number of carbonyl (C=O) groups excluding carboxylic acids is 1. The number of ketones is 1. The van der Waals surface area contributed by atoms with Crippen molar-refractivity contribution in [1.29, 1.82) is 0 Å². The Hall–Kier alpha value is -0.490. The van der Waals surface area contributed by atoms with Gasteiger partial charge in [0.05, 0.1) is 6.10 Å². The molecule has 0 amide bonds. The zero-order valence-electron chi connectivity index (χ0n) is 17.6. The molecule has 0 aliphatic heterocycles. The number of carbonyl (C=O) groups is 1. The van der Waals surface area contributed by atoms with Gasteiger partial charge in [-0.15, -0.1) is 0 Å². The zero-order chi connectivity index (χ0) is 20.5. The summed E-state index contributed by atoms with van der Waals surface area (Å²) in [6.45, 7) is 3.55. The Labute approximate surface area is 166 Å². The second kappa shape index (κ2) is 17.6. The largest absolute Gasteiger partial charge is 0.391 e. The van der Waals surface area contributed by atoms with Crippen LogP contribution in [0, 0.1) is 0 Å². The fourth-order valence-electron chi connectivity index (χ4n) is 3.30. The molecule has 0 aliphatic carbocycles. The van der Waals surface area contributed by atoms with Crippen LogP contribution in [-0.4, -0.2) is 50.6 Å². The standard InChI is InChI=1S/C22H44O5/c1-3-4-5-6-7-8-9-10-11-12-13-14-15-16-17-19(24)21(26)22(27)20(25)18(2)23/h18,20-23,25-27H,3-17H2,1-2H3/t18-,20+,21+,22+/m0/s1. The monoisotopic (exact) mass is 388 g/mol. The number of unbranched alkanes of at least 4 members (excludes halogenated alkanes) is 13. The molecule has 5 heteroatoms. The van der Waals surface area contributed by atoms with Crippen LogP contribution >= 0.6 is 0 Å². The molecule has 5 nitrogen and oxygen atoms in total. The quantitative estimate of drug-likeness (QED) is 0.252. The summed E-state index contributed by atoms with van der Waals surface area (Å²) in [5.74, 6) is -0.471. The first-order valence-corrected chi connectivity index (χ1v) is 11.2. The summed E-state index contributed by atoms with van der Waals surface area (Å²) in [6, 6.07) is 0. The molecular weight excluding hydrogens is 344 g/mol. The SMILES string of the molecule is CCCCCCCCCCCCCCCCC(=O)[C@@H](O)[C@H](O)[C@H](O)[C@H](C)O. The first-order chi connectivity index (χ1) is 12.9. The van der Waals surface area contributed by atoms with Gasteiger partial charge >= 0.3 is 0 Å². The Morgan fingerprint density at radius 2 is 1.00 bits per heavy atom. The average Bonchev–Trinajstić information content (AvgIpc) is 2.66. The smallest absolute Gasteiger partial charge is 0.164 e. The Morgan fingerprint density at radius 1 is 0.630 bits per heavy atom. The van der Waals surface area contributed by atoms with Crippen LogP contribution in [0.4, 0.5) is 0 Å². The second-order valence-electron chi connectivity index (χ2n) is 7.98. The van der Waals surface area contributed by atoms with Crippen LogP contribution in [0.5, 0.6) is 0 Å². The lowest BCUT2D eigenvalue weighted by Gasteiger charge is -2.23. The van der Waals surface area contributed by atoms with E-state index in [0.29, 0.717) is 6.42 Å². The lowest BCUT2D eigenvalue weighted by molar-refractivity contribution is -0.143. The van der Waals surface area contributed by atoms with Crippen LogP contribution in [0.1, 0.15) is 110 Å². The van der Waals surface area contributed by atoms with E-state index in [4.69, 9.17) is 0 Å². The third-order valence-electron chi connectivity index (χ3n) is 5.27. The summed E-state index contributed by atoms with van der Waals surface area (Å²) in [7, 11) is 0. The molecule has 4 atom stereocenters.